The highest BCUT2D eigenvalue weighted by Crippen LogP contribution is 2.52. The molecule has 0 radical (unpaired) electrons. The lowest BCUT2D eigenvalue weighted by Gasteiger charge is -2.45. The number of para-hydroxylation sites is 1. The van der Waals surface area contributed by atoms with Crippen LogP contribution in [0.5, 0.6) is 17.2 Å². The summed E-state index contributed by atoms with van der Waals surface area (Å²) in [5, 5.41) is 7.32. The van der Waals surface area contributed by atoms with Crippen molar-refractivity contribution in [1.82, 2.24) is 5.01 Å². The van der Waals surface area contributed by atoms with Crippen molar-refractivity contribution >= 4 is 5.71 Å². The van der Waals surface area contributed by atoms with Crippen LogP contribution in [0.15, 0.2) is 47.6 Å². The van der Waals surface area contributed by atoms with Crippen molar-refractivity contribution < 1.29 is 14.2 Å². The molecule has 140 valence electrons. The zero-order chi connectivity index (χ0) is 18.4. The lowest BCUT2D eigenvalue weighted by Crippen LogP contribution is -2.51. The number of hydrogen-bond acceptors (Lipinski definition) is 5. The number of methoxy groups -OCH3 is 2. The van der Waals surface area contributed by atoms with E-state index in [-0.39, 0.29) is 11.8 Å². The molecule has 1 aliphatic carbocycles. The topological polar surface area (TPSA) is 43.3 Å². The van der Waals surface area contributed by atoms with E-state index in [4.69, 9.17) is 19.3 Å². The van der Waals surface area contributed by atoms with Gasteiger partial charge in [0, 0.05) is 36.5 Å². The lowest BCUT2D eigenvalue weighted by atomic mass is 9.94. The second-order valence-electron chi connectivity index (χ2n) is 7.47. The molecule has 2 aromatic carbocycles. The Kier molecular flexibility index (Phi) is 3.78. The van der Waals surface area contributed by atoms with E-state index < -0.39 is 0 Å². The summed E-state index contributed by atoms with van der Waals surface area (Å²) in [5.74, 6) is 2.59. The van der Waals surface area contributed by atoms with Gasteiger partial charge in [-0.3, -0.25) is 0 Å². The first-order valence-electron chi connectivity index (χ1n) is 9.61. The Hall–Kier alpha value is -2.69. The van der Waals surface area contributed by atoms with Crippen LogP contribution in [0.4, 0.5) is 0 Å². The van der Waals surface area contributed by atoms with Gasteiger partial charge in [0.05, 0.1) is 26.0 Å². The highest BCUT2D eigenvalue weighted by atomic mass is 16.5. The molecule has 0 amide bonds. The molecule has 5 nitrogen and oxygen atoms in total. The third-order valence-corrected chi connectivity index (χ3v) is 6.01. The summed E-state index contributed by atoms with van der Waals surface area (Å²) in [6.07, 6.45) is 5.26. The molecule has 0 aromatic heterocycles. The predicted molar refractivity (Wildman–Crippen MR) is 104 cm³/mol. The standard InChI is InChI=1S/C22H24N2O3/c1-25-15-9-10-16(21(13-15)26-2)18-14-19-17-7-3-4-8-20(17)27-22(24(19)23-18)11-5-6-12-22/h3-4,7-10,13,19H,5-6,11-12,14H2,1-2H3/t19-/m1/s1. The molecule has 5 rings (SSSR count). The van der Waals surface area contributed by atoms with Crippen molar-refractivity contribution in [2.75, 3.05) is 14.2 Å². The summed E-state index contributed by atoms with van der Waals surface area (Å²) < 4.78 is 17.5. The van der Waals surface area contributed by atoms with Gasteiger partial charge < -0.3 is 14.2 Å². The summed E-state index contributed by atoms with van der Waals surface area (Å²) in [6, 6.07) is 14.5. The highest BCUT2D eigenvalue weighted by Gasteiger charge is 2.51. The molecule has 3 aliphatic rings. The number of rotatable bonds is 3. The predicted octanol–water partition coefficient (Wildman–Crippen LogP) is 4.52. The average Bonchev–Trinajstić information content (AvgIpc) is 3.36. The quantitative estimate of drug-likeness (QED) is 0.803. The van der Waals surface area contributed by atoms with E-state index in [0.717, 1.165) is 47.8 Å². The van der Waals surface area contributed by atoms with Crippen LogP contribution in [0.1, 0.15) is 49.3 Å². The minimum atomic E-state index is -0.305. The monoisotopic (exact) mass is 364 g/mol. The fourth-order valence-corrected chi connectivity index (χ4v) is 4.69. The van der Waals surface area contributed by atoms with E-state index in [2.05, 4.69) is 29.3 Å². The van der Waals surface area contributed by atoms with Crippen LogP contribution in [0.25, 0.3) is 0 Å². The van der Waals surface area contributed by atoms with Crippen molar-refractivity contribution in [2.45, 2.75) is 43.9 Å². The number of fused-ring (bicyclic) bond motifs is 4. The minimum absolute atomic E-state index is 0.217. The van der Waals surface area contributed by atoms with Crippen LogP contribution in [0.2, 0.25) is 0 Å². The number of hydrazone groups is 1. The Morgan fingerprint density at radius 3 is 2.67 bits per heavy atom. The summed E-state index contributed by atoms with van der Waals surface area (Å²) in [7, 11) is 3.36. The third-order valence-electron chi connectivity index (χ3n) is 6.01. The maximum atomic E-state index is 6.54. The van der Waals surface area contributed by atoms with Crippen LogP contribution < -0.4 is 14.2 Å². The first-order valence-corrected chi connectivity index (χ1v) is 9.61. The smallest absolute Gasteiger partial charge is 0.198 e. The molecular weight excluding hydrogens is 340 g/mol. The molecule has 0 N–H and O–H groups in total. The number of nitrogens with zero attached hydrogens (tertiary/aromatic N) is 2. The van der Waals surface area contributed by atoms with Crippen molar-refractivity contribution in [1.29, 1.82) is 0 Å². The van der Waals surface area contributed by atoms with E-state index in [1.165, 1.54) is 18.4 Å². The second-order valence-corrected chi connectivity index (χ2v) is 7.47. The number of benzene rings is 2. The van der Waals surface area contributed by atoms with Gasteiger partial charge >= 0.3 is 0 Å². The normalized spacial score (nSPS) is 22.1. The van der Waals surface area contributed by atoms with E-state index >= 15 is 0 Å². The van der Waals surface area contributed by atoms with Crippen molar-refractivity contribution in [2.24, 2.45) is 5.10 Å². The molecule has 5 heteroatoms. The number of hydrogen-bond donors (Lipinski definition) is 0. The molecule has 2 heterocycles. The molecule has 1 saturated carbocycles. The summed E-state index contributed by atoms with van der Waals surface area (Å²) >= 11 is 0. The molecule has 2 aliphatic heterocycles. The summed E-state index contributed by atoms with van der Waals surface area (Å²) in [4.78, 5) is 0. The largest absolute Gasteiger partial charge is 0.497 e. The van der Waals surface area contributed by atoms with Gasteiger partial charge in [0.25, 0.3) is 0 Å². The fourth-order valence-electron chi connectivity index (χ4n) is 4.69. The van der Waals surface area contributed by atoms with Gasteiger partial charge in [0.2, 0.25) is 0 Å². The minimum Gasteiger partial charge on any atom is -0.497 e. The molecule has 0 unspecified atom stereocenters. The molecule has 0 saturated heterocycles. The second kappa shape index (κ2) is 6.19. The SMILES string of the molecule is COc1ccc(C2=NN3[C@H](C2)c2ccccc2OC32CCCC2)c(OC)c1. The van der Waals surface area contributed by atoms with Gasteiger partial charge in [-0.05, 0) is 31.0 Å². The van der Waals surface area contributed by atoms with Crippen LogP contribution in [0.3, 0.4) is 0 Å². The summed E-state index contributed by atoms with van der Waals surface area (Å²) in [5.41, 5.74) is 2.99. The molecule has 1 atom stereocenters. The first-order chi connectivity index (χ1) is 13.2. The fraction of sp³-hybridized carbons (Fsp3) is 0.409. The first kappa shape index (κ1) is 16.5. The Labute approximate surface area is 159 Å². The maximum Gasteiger partial charge on any atom is 0.198 e. The van der Waals surface area contributed by atoms with Gasteiger partial charge in [-0.25, -0.2) is 5.01 Å². The van der Waals surface area contributed by atoms with Gasteiger partial charge in [0.1, 0.15) is 17.2 Å². The van der Waals surface area contributed by atoms with Gasteiger partial charge in [-0.15, -0.1) is 0 Å². The Morgan fingerprint density at radius 2 is 1.89 bits per heavy atom. The van der Waals surface area contributed by atoms with Crippen molar-refractivity contribution in [3.8, 4) is 17.2 Å². The molecule has 0 bridgehead atoms. The molecule has 1 spiro atoms. The van der Waals surface area contributed by atoms with Gasteiger partial charge in [-0.1, -0.05) is 18.2 Å². The van der Waals surface area contributed by atoms with Crippen LogP contribution >= 0.6 is 0 Å². The van der Waals surface area contributed by atoms with E-state index in [9.17, 15) is 0 Å². The average molecular weight is 364 g/mol. The molecule has 2 aromatic rings. The number of ether oxygens (including phenoxy) is 3. The zero-order valence-electron chi connectivity index (χ0n) is 15.8. The van der Waals surface area contributed by atoms with Gasteiger partial charge in [-0.2, -0.15) is 5.10 Å². The highest BCUT2D eigenvalue weighted by molar-refractivity contribution is 6.04. The Morgan fingerprint density at radius 1 is 1.07 bits per heavy atom. The Balaban J connectivity index is 1.59. The Bertz CT molecular complexity index is 902. The van der Waals surface area contributed by atoms with E-state index in [0.29, 0.717) is 0 Å². The van der Waals surface area contributed by atoms with Crippen molar-refractivity contribution in [3.05, 3.63) is 53.6 Å². The van der Waals surface area contributed by atoms with E-state index in [1.807, 2.05) is 18.2 Å². The van der Waals surface area contributed by atoms with Gasteiger partial charge in [0.15, 0.2) is 5.72 Å². The van der Waals surface area contributed by atoms with Crippen molar-refractivity contribution in [3.63, 3.8) is 0 Å². The lowest BCUT2D eigenvalue weighted by molar-refractivity contribution is -0.114. The molecule has 1 fully saturated rings. The van der Waals surface area contributed by atoms with Crippen LogP contribution in [0, 0.1) is 0 Å². The zero-order valence-corrected chi connectivity index (χ0v) is 15.8. The van der Waals surface area contributed by atoms with E-state index in [1.54, 1.807) is 14.2 Å². The third kappa shape index (κ3) is 2.48. The van der Waals surface area contributed by atoms with Crippen LogP contribution in [-0.2, 0) is 0 Å². The molecular formula is C22H24N2O3. The summed E-state index contributed by atoms with van der Waals surface area (Å²) in [6.45, 7) is 0. The van der Waals surface area contributed by atoms with Crippen LogP contribution in [-0.4, -0.2) is 30.7 Å². The molecule has 27 heavy (non-hydrogen) atoms. The maximum absolute atomic E-state index is 6.54.